The van der Waals surface area contributed by atoms with Gasteiger partial charge in [0.15, 0.2) is 0 Å². The fourth-order valence-corrected chi connectivity index (χ4v) is 2.07. The molecule has 2 rings (SSSR count). The Kier molecular flexibility index (Phi) is 2.23. The van der Waals surface area contributed by atoms with Crippen LogP contribution in [0.5, 0.6) is 0 Å². The lowest BCUT2D eigenvalue weighted by Crippen LogP contribution is -1.57. The third kappa shape index (κ3) is 1.68. The van der Waals surface area contributed by atoms with Crippen LogP contribution in [0.1, 0.15) is 0 Å². The van der Waals surface area contributed by atoms with Gasteiger partial charge in [0.05, 0.1) is 0 Å². The predicted octanol–water partition coefficient (Wildman–Crippen LogP) is 3.79. The van der Waals surface area contributed by atoms with Crippen LogP contribution in [-0.2, 0) is 0 Å². The molecule has 64 valence electrons. The summed E-state index contributed by atoms with van der Waals surface area (Å²) >= 11 is 1.69. The Labute approximate surface area is 81.1 Å². The number of aliphatic imine (C=N–C) groups is 1. The van der Waals surface area contributed by atoms with Gasteiger partial charge in [0.25, 0.3) is 0 Å². The zero-order chi connectivity index (χ0) is 9.10. The van der Waals surface area contributed by atoms with Crippen molar-refractivity contribution in [3.8, 4) is 0 Å². The number of fused-ring (bicyclic) bond motifs is 1. The molecule has 1 aromatic carbocycles. The SMILES string of the molecule is C=C/C=N\c1cc2ccccc2s1. The van der Waals surface area contributed by atoms with Crippen LogP contribution >= 0.6 is 11.3 Å². The van der Waals surface area contributed by atoms with Gasteiger partial charge in [-0.25, -0.2) is 4.99 Å². The summed E-state index contributed by atoms with van der Waals surface area (Å²) in [7, 11) is 0. The Hall–Kier alpha value is -1.41. The van der Waals surface area contributed by atoms with Gasteiger partial charge in [0.1, 0.15) is 5.00 Å². The lowest BCUT2D eigenvalue weighted by atomic mass is 10.3. The van der Waals surface area contributed by atoms with Crippen LogP contribution in [0.25, 0.3) is 10.1 Å². The quantitative estimate of drug-likeness (QED) is 0.634. The number of allylic oxidation sites excluding steroid dienone is 1. The first-order chi connectivity index (χ1) is 6.40. The van der Waals surface area contributed by atoms with E-state index in [0.717, 1.165) is 5.00 Å². The molecular weight excluding hydrogens is 178 g/mol. The Balaban J connectivity index is 2.49. The number of thiophene rings is 1. The van der Waals surface area contributed by atoms with E-state index in [1.807, 2.05) is 12.1 Å². The predicted molar refractivity (Wildman–Crippen MR) is 60.2 cm³/mol. The maximum Gasteiger partial charge on any atom is 0.117 e. The lowest BCUT2D eigenvalue weighted by Gasteiger charge is -1.81. The molecule has 1 heterocycles. The summed E-state index contributed by atoms with van der Waals surface area (Å²) in [6.45, 7) is 3.58. The summed E-state index contributed by atoms with van der Waals surface area (Å²) in [4.78, 5) is 4.24. The number of hydrogen-bond acceptors (Lipinski definition) is 2. The van der Waals surface area contributed by atoms with Gasteiger partial charge in [0.2, 0.25) is 0 Å². The zero-order valence-corrected chi connectivity index (χ0v) is 7.92. The molecule has 1 aromatic heterocycles. The molecule has 0 saturated heterocycles. The first-order valence-electron chi connectivity index (χ1n) is 4.04. The van der Waals surface area contributed by atoms with Crippen molar-refractivity contribution in [2.24, 2.45) is 4.99 Å². The average molecular weight is 187 g/mol. The molecule has 1 nitrogen and oxygen atoms in total. The van der Waals surface area contributed by atoms with Gasteiger partial charge in [-0.2, -0.15) is 0 Å². The fourth-order valence-electron chi connectivity index (χ4n) is 1.16. The molecule has 0 aliphatic rings. The summed E-state index contributed by atoms with van der Waals surface area (Å²) in [5.74, 6) is 0. The van der Waals surface area contributed by atoms with E-state index in [9.17, 15) is 0 Å². The minimum Gasteiger partial charge on any atom is -0.246 e. The van der Waals surface area contributed by atoms with Gasteiger partial charge in [-0.3, -0.25) is 0 Å². The second kappa shape index (κ2) is 3.54. The summed E-state index contributed by atoms with van der Waals surface area (Å²) in [6.07, 6.45) is 3.40. The molecule has 2 aromatic rings. The van der Waals surface area contributed by atoms with Crippen molar-refractivity contribution in [2.45, 2.75) is 0 Å². The topological polar surface area (TPSA) is 12.4 Å². The summed E-state index contributed by atoms with van der Waals surface area (Å²) in [5.41, 5.74) is 0. The highest BCUT2D eigenvalue weighted by molar-refractivity contribution is 7.22. The molecule has 0 aliphatic carbocycles. The third-order valence-corrected chi connectivity index (χ3v) is 2.74. The second-order valence-electron chi connectivity index (χ2n) is 2.64. The van der Waals surface area contributed by atoms with Gasteiger partial charge in [0, 0.05) is 10.9 Å². The normalized spacial score (nSPS) is 11.1. The molecule has 0 spiro atoms. The van der Waals surface area contributed by atoms with Crippen LogP contribution < -0.4 is 0 Å². The van der Waals surface area contributed by atoms with E-state index in [0.29, 0.717) is 0 Å². The van der Waals surface area contributed by atoms with Gasteiger partial charge in [-0.15, -0.1) is 11.3 Å². The van der Waals surface area contributed by atoms with E-state index >= 15 is 0 Å². The Morgan fingerprint density at radius 3 is 2.92 bits per heavy atom. The standard InChI is InChI=1S/C11H9NS/c1-2-7-12-11-8-9-5-3-4-6-10(9)13-11/h2-8H,1H2/b12-7-. The highest BCUT2D eigenvalue weighted by Gasteiger charge is 1.97. The van der Waals surface area contributed by atoms with Crippen molar-refractivity contribution in [3.05, 3.63) is 43.0 Å². The van der Waals surface area contributed by atoms with Crippen LogP contribution in [0.2, 0.25) is 0 Å². The van der Waals surface area contributed by atoms with Crippen LogP contribution in [0.15, 0.2) is 48.0 Å². The van der Waals surface area contributed by atoms with Gasteiger partial charge in [-0.1, -0.05) is 30.9 Å². The minimum absolute atomic E-state index is 1.03. The fraction of sp³-hybridized carbons (Fsp3) is 0. The molecule has 0 bridgehead atoms. The molecule has 0 atom stereocenters. The first-order valence-corrected chi connectivity index (χ1v) is 4.85. The second-order valence-corrected chi connectivity index (χ2v) is 3.70. The minimum atomic E-state index is 1.03. The van der Waals surface area contributed by atoms with E-state index in [2.05, 4.69) is 29.8 Å². The van der Waals surface area contributed by atoms with Crippen molar-refractivity contribution in [1.82, 2.24) is 0 Å². The molecule has 0 unspecified atom stereocenters. The van der Waals surface area contributed by atoms with E-state index in [1.54, 1.807) is 23.6 Å². The Morgan fingerprint density at radius 2 is 2.15 bits per heavy atom. The van der Waals surface area contributed by atoms with Crippen LogP contribution in [0.3, 0.4) is 0 Å². The molecule has 0 amide bonds. The molecule has 0 N–H and O–H groups in total. The van der Waals surface area contributed by atoms with Gasteiger partial charge in [-0.05, 0) is 17.5 Å². The summed E-state index contributed by atoms with van der Waals surface area (Å²) in [5, 5.41) is 2.28. The molecule has 2 heteroatoms. The monoisotopic (exact) mass is 187 g/mol. The average Bonchev–Trinajstić information content (AvgIpc) is 2.57. The number of benzene rings is 1. The van der Waals surface area contributed by atoms with E-state index in [4.69, 9.17) is 0 Å². The van der Waals surface area contributed by atoms with Gasteiger partial charge >= 0.3 is 0 Å². The molecule has 0 radical (unpaired) electrons. The smallest absolute Gasteiger partial charge is 0.117 e. The van der Waals surface area contributed by atoms with Crippen molar-refractivity contribution in [1.29, 1.82) is 0 Å². The molecular formula is C11H9NS. The van der Waals surface area contributed by atoms with Crippen molar-refractivity contribution in [2.75, 3.05) is 0 Å². The number of hydrogen-bond donors (Lipinski definition) is 0. The summed E-state index contributed by atoms with van der Waals surface area (Å²) in [6, 6.07) is 10.4. The highest BCUT2D eigenvalue weighted by Crippen LogP contribution is 2.31. The van der Waals surface area contributed by atoms with E-state index in [1.165, 1.54) is 10.1 Å². The van der Waals surface area contributed by atoms with Crippen molar-refractivity contribution < 1.29 is 0 Å². The zero-order valence-electron chi connectivity index (χ0n) is 7.10. The van der Waals surface area contributed by atoms with Gasteiger partial charge < -0.3 is 0 Å². The molecule has 0 aliphatic heterocycles. The Bertz CT molecular complexity index is 421. The highest BCUT2D eigenvalue weighted by atomic mass is 32.1. The molecule has 13 heavy (non-hydrogen) atoms. The molecule has 0 fully saturated rings. The maximum absolute atomic E-state index is 4.24. The molecule has 0 saturated carbocycles. The number of nitrogens with zero attached hydrogens (tertiary/aromatic N) is 1. The lowest BCUT2D eigenvalue weighted by molar-refractivity contribution is 1.68. The van der Waals surface area contributed by atoms with Crippen LogP contribution in [-0.4, -0.2) is 6.21 Å². The third-order valence-electron chi connectivity index (χ3n) is 1.72. The first kappa shape index (κ1) is 8.20. The maximum atomic E-state index is 4.24. The van der Waals surface area contributed by atoms with E-state index in [-0.39, 0.29) is 0 Å². The van der Waals surface area contributed by atoms with Crippen LogP contribution in [0.4, 0.5) is 5.00 Å². The van der Waals surface area contributed by atoms with Crippen molar-refractivity contribution in [3.63, 3.8) is 0 Å². The van der Waals surface area contributed by atoms with E-state index < -0.39 is 0 Å². The van der Waals surface area contributed by atoms with Crippen LogP contribution in [0, 0.1) is 0 Å². The number of rotatable bonds is 2. The largest absolute Gasteiger partial charge is 0.246 e. The Morgan fingerprint density at radius 1 is 1.31 bits per heavy atom. The van der Waals surface area contributed by atoms with Crippen molar-refractivity contribution >= 4 is 32.6 Å². The summed E-state index contributed by atoms with van der Waals surface area (Å²) < 4.78 is 1.28.